The topological polar surface area (TPSA) is 29.9 Å². The Morgan fingerprint density at radius 1 is 1.60 bits per heavy atom. The fourth-order valence-electron chi connectivity index (χ4n) is 1.55. The lowest BCUT2D eigenvalue weighted by Crippen LogP contribution is -2.32. The summed E-state index contributed by atoms with van der Waals surface area (Å²) >= 11 is 5.89. The molecule has 0 aromatic carbocycles. The van der Waals surface area contributed by atoms with Crippen molar-refractivity contribution in [2.24, 2.45) is 0 Å². The van der Waals surface area contributed by atoms with Crippen LogP contribution in [0.2, 0.25) is 0 Å². The molecule has 4 heteroatoms. The Morgan fingerprint density at radius 3 is 2.80 bits per heavy atom. The lowest BCUT2D eigenvalue weighted by Gasteiger charge is -2.12. The van der Waals surface area contributed by atoms with Crippen LogP contribution in [0.4, 0.5) is 0 Å². The largest absolute Gasteiger partial charge is 0.304 e. The Kier molecular flexibility index (Phi) is 3.03. The highest BCUT2D eigenvalue weighted by atomic mass is 35.5. The van der Waals surface area contributed by atoms with Crippen LogP contribution in [0.15, 0.2) is 12.3 Å². The van der Waals surface area contributed by atoms with Crippen molar-refractivity contribution < 1.29 is 0 Å². The fraction of sp³-hybridized carbons (Fsp3) is 0.727. The second kappa shape index (κ2) is 4.14. The van der Waals surface area contributed by atoms with E-state index in [2.05, 4.69) is 30.3 Å². The Hall–Kier alpha value is -0.540. The molecule has 1 aromatic rings. The molecule has 0 unspecified atom stereocenters. The number of halogens is 1. The summed E-state index contributed by atoms with van der Waals surface area (Å²) in [6, 6.07) is 2.50. The normalized spacial score (nSPS) is 18.4. The number of aromatic nitrogens is 2. The molecule has 1 aliphatic rings. The summed E-state index contributed by atoms with van der Waals surface area (Å²) in [5.41, 5.74) is 1.31. The first kappa shape index (κ1) is 11.0. The number of rotatable bonds is 5. The minimum Gasteiger partial charge on any atom is -0.304 e. The van der Waals surface area contributed by atoms with E-state index in [1.165, 1.54) is 12.8 Å². The van der Waals surface area contributed by atoms with E-state index in [0.29, 0.717) is 11.9 Å². The Labute approximate surface area is 95.8 Å². The number of hydrogen-bond donors (Lipinski definition) is 1. The number of hydrogen-bond acceptors (Lipinski definition) is 2. The summed E-state index contributed by atoms with van der Waals surface area (Å²) in [6.07, 6.45) is 4.42. The zero-order valence-corrected chi connectivity index (χ0v) is 10.1. The molecule has 1 aromatic heterocycles. The molecule has 0 spiro atoms. The van der Waals surface area contributed by atoms with Gasteiger partial charge in [0, 0.05) is 30.2 Å². The first-order valence-electron chi connectivity index (χ1n) is 5.50. The van der Waals surface area contributed by atoms with Crippen molar-refractivity contribution in [3.8, 4) is 0 Å². The maximum absolute atomic E-state index is 5.89. The molecule has 1 saturated carbocycles. The van der Waals surface area contributed by atoms with Gasteiger partial charge in [-0.05, 0) is 32.8 Å². The number of alkyl halides is 1. The van der Waals surface area contributed by atoms with Crippen molar-refractivity contribution in [1.29, 1.82) is 0 Å². The van der Waals surface area contributed by atoms with Gasteiger partial charge in [-0.3, -0.25) is 4.68 Å². The number of nitrogens with one attached hydrogen (secondary N) is 1. The van der Waals surface area contributed by atoms with Crippen LogP contribution >= 0.6 is 11.6 Å². The van der Waals surface area contributed by atoms with E-state index in [1.54, 1.807) is 0 Å². The average Bonchev–Trinajstić information content (AvgIpc) is 2.85. The monoisotopic (exact) mass is 227 g/mol. The van der Waals surface area contributed by atoms with Crippen LogP contribution in [0, 0.1) is 0 Å². The van der Waals surface area contributed by atoms with E-state index in [9.17, 15) is 0 Å². The molecule has 2 rings (SSSR count). The van der Waals surface area contributed by atoms with Gasteiger partial charge in [0.1, 0.15) is 0 Å². The zero-order valence-electron chi connectivity index (χ0n) is 9.33. The van der Waals surface area contributed by atoms with Crippen molar-refractivity contribution >= 4 is 11.6 Å². The predicted molar refractivity (Wildman–Crippen MR) is 62.1 cm³/mol. The lowest BCUT2D eigenvalue weighted by molar-refractivity contribution is 0.503. The molecule has 1 fully saturated rings. The highest BCUT2D eigenvalue weighted by Crippen LogP contribution is 2.36. The second-order valence-electron chi connectivity index (χ2n) is 4.65. The van der Waals surface area contributed by atoms with Crippen molar-refractivity contribution in [3.63, 3.8) is 0 Å². The Bertz CT molecular complexity index is 328. The van der Waals surface area contributed by atoms with Crippen molar-refractivity contribution in [3.05, 3.63) is 18.0 Å². The first-order chi connectivity index (χ1) is 7.15. The molecule has 0 atom stereocenters. The molecule has 3 nitrogen and oxygen atoms in total. The van der Waals surface area contributed by atoms with Crippen LogP contribution in [0.5, 0.6) is 0 Å². The van der Waals surface area contributed by atoms with Gasteiger partial charge < -0.3 is 5.32 Å². The predicted octanol–water partition coefficient (Wildman–Crippen LogP) is 2.33. The summed E-state index contributed by atoms with van der Waals surface area (Å²) in [4.78, 5) is 0. The molecule has 15 heavy (non-hydrogen) atoms. The van der Waals surface area contributed by atoms with E-state index in [4.69, 9.17) is 11.6 Å². The van der Waals surface area contributed by atoms with E-state index in [1.807, 2.05) is 10.9 Å². The minimum absolute atomic E-state index is 0.211. The SMILES string of the molecule is CC(C)n1ccc(CNC2(CCl)CC2)n1. The van der Waals surface area contributed by atoms with Gasteiger partial charge in [-0.2, -0.15) is 5.10 Å². The molecule has 84 valence electrons. The third-order valence-corrected chi connectivity index (χ3v) is 3.46. The van der Waals surface area contributed by atoms with Gasteiger partial charge in [0.05, 0.1) is 5.69 Å². The van der Waals surface area contributed by atoms with Crippen LogP contribution in [-0.2, 0) is 6.54 Å². The molecule has 1 heterocycles. The standard InChI is InChI=1S/C11H18ClN3/c1-9(2)15-6-3-10(14-15)7-13-11(8-12)4-5-11/h3,6,9,13H,4-5,7-8H2,1-2H3. The van der Waals surface area contributed by atoms with E-state index in [-0.39, 0.29) is 5.54 Å². The second-order valence-corrected chi connectivity index (χ2v) is 4.92. The highest BCUT2D eigenvalue weighted by molar-refractivity contribution is 6.18. The van der Waals surface area contributed by atoms with Gasteiger partial charge in [0.15, 0.2) is 0 Å². The van der Waals surface area contributed by atoms with Gasteiger partial charge in [-0.25, -0.2) is 0 Å². The van der Waals surface area contributed by atoms with Crippen LogP contribution in [0.3, 0.4) is 0 Å². The Morgan fingerprint density at radius 2 is 2.33 bits per heavy atom. The third-order valence-electron chi connectivity index (χ3n) is 2.95. The maximum Gasteiger partial charge on any atom is 0.0762 e. The van der Waals surface area contributed by atoms with Gasteiger partial charge in [0.25, 0.3) is 0 Å². The molecule has 0 saturated heterocycles. The molecule has 0 bridgehead atoms. The molecular formula is C11H18ClN3. The molecule has 0 radical (unpaired) electrons. The molecule has 1 N–H and O–H groups in total. The maximum atomic E-state index is 5.89. The highest BCUT2D eigenvalue weighted by Gasteiger charge is 2.41. The number of nitrogens with zero attached hydrogens (tertiary/aromatic N) is 2. The summed E-state index contributed by atoms with van der Waals surface area (Å²) in [5.74, 6) is 0.706. The summed E-state index contributed by atoms with van der Waals surface area (Å²) < 4.78 is 1.98. The lowest BCUT2D eigenvalue weighted by atomic mass is 10.3. The van der Waals surface area contributed by atoms with E-state index in [0.717, 1.165) is 12.2 Å². The molecule has 0 aliphatic heterocycles. The van der Waals surface area contributed by atoms with Crippen LogP contribution in [0.25, 0.3) is 0 Å². The van der Waals surface area contributed by atoms with Crippen LogP contribution in [-0.4, -0.2) is 21.2 Å². The van der Waals surface area contributed by atoms with E-state index >= 15 is 0 Å². The van der Waals surface area contributed by atoms with Crippen molar-refractivity contribution in [2.45, 2.75) is 44.8 Å². The minimum atomic E-state index is 0.211. The Balaban J connectivity index is 1.88. The van der Waals surface area contributed by atoms with Gasteiger partial charge in [-0.1, -0.05) is 0 Å². The van der Waals surface area contributed by atoms with Gasteiger partial charge in [0.2, 0.25) is 0 Å². The van der Waals surface area contributed by atoms with Crippen LogP contribution < -0.4 is 5.32 Å². The van der Waals surface area contributed by atoms with Crippen LogP contribution in [0.1, 0.15) is 38.4 Å². The summed E-state index contributed by atoms with van der Waals surface area (Å²) in [6.45, 7) is 5.09. The fourth-order valence-corrected chi connectivity index (χ4v) is 1.91. The quantitative estimate of drug-likeness (QED) is 0.783. The first-order valence-corrected chi connectivity index (χ1v) is 6.04. The smallest absolute Gasteiger partial charge is 0.0762 e. The van der Waals surface area contributed by atoms with Gasteiger partial charge >= 0.3 is 0 Å². The van der Waals surface area contributed by atoms with Crippen molar-refractivity contribution in [1.82, 2.24) is 15.1 Å². The van der Waals surface area contributed by atoms with Crippen molar-refractivity contribution in [2.75, 3.05) is 5.88 Å². The summed E-state index contributed by atoms with van der Waals surface area (Å²) in [7, 11) is 0. The molecule has 0 amide bonds. The average molecular weight is 228 g/mol. The molecule has 1 aliphatic carbocycles. The van der Waals surface area contributed by atoms with Gasteiger partial charge in [-0.15, -0.1) is 11.6 Å². The third kappa shape index (κ3) is 2.52. The van der Waals surface area contributed by atoms with E-state index < -0.39 is 0 Å². The zero-order chi connectivity index (χ0) is 10.9. The summed E-state index contributed by atoms with van der Waals surface area (Å²) in [5, 5.41) is 7.97. The molecular weight excluding hydrogens is 210 g/mol.